The molecule has 0 aromatic carbocycles. The number of amides is 1. The number of aromatic nitrogens is 4. The van der Waals surface area contributed by atoms with Crippen molar-refractivity contribution in [3.05, 3.63) is 39.4 Å². The van der Waals surface area contributed by atoms with Crippen molar-refractivity contribution in [2.24, 2.45) is 0 Å². The van der Waals surface area contributed by atoms with Crippen LogP contribution in [0.5, 0.6) is 0 Å². The highest BCUT2D eigenvalue weighted by Crippen LogP contribution is 2.26. The van der Waals surface area contributed by atoms with E-state index in [1.54, 1.807) is 6.92 Å². The summed E-state index contributed by atoms with van der Waals surface area (Å²) in [6.45, 7) is 1.69. The molecule has 0 aliphatic heterocycles. The van der Waals surface area contributed by atoms with E-state index in [-0.39, 0.29) is 27.0 Å². The third kappa shape index (κ3) is 3.28. The Balaban J connectivity index is 2.31. The number of hydrogen-bond donors (Lipinski definition) is 1. The van der Waals surface area contributed by atoms with Crippen molar-refractivity contribution >= 4 is 46.4 Å². The lowest BCUT2D eigenvalue weighted by Gasteiger charge is -2.07. The van der Waals surface area contributed by atoms with Gasteiger partial charge >= 0.3 is 0 Å². The largest absolute Gasteiger partial charge is 0.315 e. The molecular weight excluding hydrogens is 313 g/mol. The van der Waals surface area contributed by atoms with Gasteiger partial charge in [0.15, 0.2) is 10.3 Å². The van der Waals surface area contributed by atoms with Gasteiger partial charge in [-0.1, -0.05) is 23.2 Å². The Morgan fingerprint density at radius 3 is 2.37 bits per heavy atom. The van der Waals surface area contributed by atoms with E-state index in [2.05, 4.69) is 25.3 Å². The van der Waals surface area contributed by atoms with E-state index in [1.165, 1.54) is 12.4 Å². The smallest absolute Gasteiger partial charge is 0.274 e. The molecule has 1 amide bonds. The molecule has 0 unspecified atom stereocenters. The normalized spacial score (nSPS) is 10.3. The van der Waals surface area contributed by atoms with Gasteiger partial charge in [-0.15, -0.1) is 0 Å². The molecule has 2 heterocycles. The summed E-state index contributed by atoms with van der Waals surface area (Å²) in [4.78, 5) is 27.1. The van der Waals surface area contributed by atoms with Crippen LogP contribution in [0.2, 0.25) is 15.6 Å². The first-order chi connectivity index (χ1) is 8.97. The molecular formula is C10H6Cl3N5O. The Kier molecular flexibility index (Phi) is 4.14. The van der Waals surface area contributed by atoms with Crippen LogP contribution in [0.25, 0.3) is 0 Å². The summed E-state index contributed by atoms with van der Waals surface area (Å²) in [6.07, 6.45) is 1.19. The van der Waals surface area contributed by atoms with Gasteiger partial charge in [0.1, 0.15) is 17.7 Å². The van der Waals surface area contributed by atoms with Gasteiger partial charge in [0.05, 0.1) is 0 Å². The number of rotatable bonds is 2. The molecule has 0 radical (unpaired) electrons. The molecule has 2 aromatic heterocycles. The zero-order valence-electron chi connectivity index (χ0n) is 9.49. The zero-order chi connectivity index (χ0) is 14.0. The van der Waals surface area contributed by atoms with E-state index in [9.17, 15) is 4.79 Å². The van der Waals surface area contributed by atoms with Gasteiger partial charge in [-0.3, -0.25) is 4.79 Å². The molecule has 9 heteroatoms. The van der Waals surface area contributed by atoms with Gasteiger partial charge in [-0.2, -0.15) is 0 Å². The molecule has 98 valence electrons. The monoisotopic (exact) mass is 317 g/mol. The van der Waals surface area contributed by atoms with Crippen molar-refractivity contribution in [3.63, 3.8) is 0 Å². The maximum Gasteiger partial charge on any atom is 0.274 e. The van der Waals surface area contributed by atoms with Crippen molar-refractivity contribution in [3.8, 4) is 0 Å². The maximum atomic E-state index is 12.0. The minimum Gasteiger partial charge on any atom is -0.315 e. The van der Waals surface area contributed by atoms with Crippen molar-refractivity contribution < 1.29 is 4.79 Å². The average molecular weight is 319 g/mol. The van der Waals surface area contributed by atoms with Crippen LogP contribution >= 0.6 is 34.8 Å². The van der Waals surface area contributed by atoms with Gasteiger partial charge in [0.25, 0.3) is 5.91 Å². The molecule has 19 heavy (non-hydrogen) atoms. The molecule has 2 rings (SSSR count). The van der Waals surface area contributed by atoms with Gasteiger partial charge in [-0.05, 0) is 24.6 Å². The fourth-order valence-electron chi connectivity index (χ4n) is 1.27. The zero-order valence-corrected chi connectivity index (χ0v) is 11.8. The summed E-state index contributed by atoms with van der Waals surface area (Å²) >= 11 is 17.3. The second-order valence-electron chi connectivity index (χ2n) is 3.45. The minimum atomic E-state index is -0.536. The molecule has 0 saturated carbocycles. The molecule has 2 aromatic rings. The van der Waals surface area contributed by atoms with Crippen LogP contribution in [-0.4, -0.2) is 25.8 Å². The van der Waals surface area contributed by atoms with E-state index in [4.69, 9.17) is 34.8 Å². The summed E-state index contributed by atoms with van der Waals surface area (Å²) in [5.41, 5.74) is 0.767. The second kappa shape index (κ2) is 5.64. The number of halogens is 3. The van der Waals surface area contributed by atoms with Gasteiger partial charge < -0.3 is 5.32 Å². The highest BCUT2D eigenvalue weighted by atomic mass is 35.5. The number of nitrogens with zero attached hydrogens (tertiary/aromatic N) is 4. The Bertz CT molecular complexity index is 609. The van der Waals surface area contributed by atoms with E-state index < -0.39 is 5.91 Å². The molecule has 0 spiro atoms. The van der Waals surface area contributed by atoms with Crippen LogP contribution in [0, 0.1) is 6.92 Å². The quantitative estimate of drug-likeness (QED) is 0.680. The van der Waals surface area contributed by atoms with E-state index >= 15 is 0 Å². The molecule has 0 atom stereocenters. The molecule has 0 aliphatic carbocycles. The third-order valence-corrected chi connectivity index (χ3v) is 2.80. The van der Waals surface area contributed by atoms with Crippen molar-refractivity contribution in [2.75, 3.05) is 5.32 Å². The lowest BCUT2D eigenvalue weighted by atomic mass is 10.3. The predicted octanol–water partition coefficient (Wildman–Crippen LogP) is 2.79. The molecule has 0 saturated heterocycles. The number of nitrogens with one attached hydrogen (secondary N) is 1. The van der Waals surface area contributed by atoms with Crippen LogP contribution in [-0.2, 0) is 0 Å². The Morgan fingerprint density at radius 1 is 1.16 bits per heavy atom. The Hall–Kier alpha value is -1.50. The van der Waals surface area contributed by atoms with Crippen molar-refractivity contribution in [1.29, 1.82) is 0 Å². The minimum absolute atomic E-state index is 0.0216. The van der Waals surface area contributed by atoms with Gasteiger partial charge in [0, 0.05) is 5.69 Å². The topological polar surface area (TPSA) is 80.7 Å². The summed E-state index contributed by atoms with van der Waals surface area (Å²) in [6, 6.07) is 1.48. The number of anilines is 1. The fourth-order valence-corrected chi connectivity index (χ4v) is 1.91. The standard InChI is InChI=1S/C10H6Cl3N5O/c1-4-2-5(17-10(13)16-4)9(19)18-6-7(11)14-3-15-8(6)12/h2-3H,1H3,(H,18,19). The lowest BCUT2D eigenvalue weighted by Crippen LogP contribution is -2.15. The molecule has 0 fully saturated rings. The summed E-state index contributed by atoms with van der Waals surface area (Å²) < 4.78 is 0. The predicted molar refractivity (Wildman–Crippen MR) is 71.8 cm³/mol. The van der Waals surface area contributed by atoms with Crippen LogP contribution in [0.1, 0.15) is 16.2 Å². The number of carbonyl (C=O) groups is 1. The Labute approximate surface area is 123 Å². The first-order valence-electron chi connectivity index (χ1n) is 4.96. The second-order valence-corrected chi connectivity index (χ2v) is 4.50. The first kappa shape index (κ1) is 13.9. The molecule has 0 bridgehead atoms. The van der Waals surface area contributed by atoms with Crippen LogP contribution < -0.4 is 5.32 Å². The van der Waals surface area contributed by atoms with Crippen LogP contribution in [0.3, 0.4) is 0 Å². The summed E-state index contributed by atoms with van der Waals surface area (Å²) in [7, 11) is 0. The molecule has 0 aliphatic rings. The SMILES string of the molecule is Cc1cc(C(=O)Nc2c(Cl)ncnc2Cl)nc(Cl)n1. The van der Waals surface area contributed by atoms with Crippen molar-refractivity contribution in [1.82, 2.24) is 19.9 Å². The Morgan fingerprint density at radius 2 is 1.79 bits per heavy atom. The number of aryl methyl sites for hydroxylation is 1. The highest BCUT2D eigenvalue weighted by Gasteiger charge is 2.15. The average Bonchev–Trinajstić information content (AvgIpc) is 2.32. The van der Waals surface area contributed by atoms with Crippen molar-refractivity contribution in [2.45, 2.75) is 6.92 Å². The number of carbonyl (C=O) groups excluding carboxylic acids is 1. The molecule has 6 nitrogen and oxygen atoms in total. The first-order valence-corrected chi connectivity index (χ1v) is 6.09. The van der Waals surface area contributed by atoms with E-state index in [0.29, 0.717) is 5.69 Å². The number of hydrogen-bond acceptors (Lipinski definition) is 5. The van der Waals surface area contributed by atoms with E-state index in [0.717, 1.165) is 0 Å². The fraction of sp³-hybridized carbons (Fsp3) is 0.100. The van der Waals surface area contributed by atoms with Gasteiger partial charge in [-0.25, -0.2) is 19.9 Å². The van der Waals surface area contributed by atoms with E-state index in [1.807, 2.05) is 0 Å². The lowest BCUT2D eigenvalue weighted by molar-refractivity contribution is 0.102. The highest BCUT2D eigenvalue weighted by molar-refractivity contribution is 6.38. The summed E-state index contributed by atoms with van der Waals surface area (Å²) in [5, 5.41) is 2.52. The van der Waals surface area contributed by atoms with Gasteiger partial charge in [0.2, 0.25) is 5.28 Å². The third-order valence-electron chi connectivity index (χ3n) is 2.05. The van der Waals surface area contributed by atoms with Crippen LogP contribution in [0.15, 0.2) is 12.4 Å². The van der Waals surface area contributed by atoms with Crippen LogP contribution in [0.4, 0.5) is 5.69 Å². The maximum absolute atomic E-state index is 12.0. The summed E-state index contributed by atoms with van der Waals surface area (Å²) in [5.74, 6) is -0.536. The molecule has 1 N–H and O–H groups in total.